The molecule has 0 aromatic heterocycles. The Balaban J connectivity index is 2.34. The van der Waals surface area contributed by atoms with Crippen molar-refractivity contribution in [1.29, 1.82) is 0 Å². The van der Waals surface area contributed by atoms with Gasteiger partial charge in [0.1, 0.15) is 0 Å². The van der Waals surface area contributed by atoms with E-state index in [2.05, 4.69) is 0 Å². The van der Waals surface area contributed by atoms with Crippen molar-refractivity contribution in [3.05, 3.63) is 0 Å². The zero-order valence-electron chi connectivity index (χ0n) is 4.60. The molecule has 1 heterocycles. The molecule has 1 fully saturated rings. The lowest BCUT2D eigenvalue weighted by molar-refractivity contribution is 0.119. The predicted octanol–water partition coefficient (Wildman–Crippen LogP) is -1.64. The number of nitrogens with zero attached hydrogens (tertiary/aromatic N) is 3. The first-order valence-electron chi connectivity index (χ1n) is 2.40. The van der Waals surface area contributed by atoms with Gasteiger partial charge in [-0.3, -0.25) is 0 Å². The first-order chi connectivity index (χ1) is 4.18. The lowest BCUT2D eigenvalue weighted by Crippen LogP contribution is -2.52. The average Bonchev–Trinajstić information content (AvgIpc) is 1.59. The fourth-order valence-corrected chi connectivity index (χ4v) is 0.634. The van der Waals surface area contributed by atoms with Gasteiger partial charge in [-0.05, 0) is 0 Å². The molecule has 3 nitrogen and oxygen atoms in total. The Bertz CT molecular complexity index is 75.3. The molecule has 48 valence electrons. The third kappa shape index (κ3) is 1.92. The van der Waals surface area contributed by atoms with E-state index in [0.29, 0.717) is 0 Å². The molecule has 1 saturated heterocycles. The van der Waals surface area contributed by atoms with Gasteiger partial charge in [0, 0.05) is 0 Å². The van der Waals surface area contributed by atoms with Gasteiger partial charge in [0.05, 0.1) is 0 Å². The molecule has 0 aliphatic carbocycles. The van der Waals surface area contributed by atoms with E-state index >= 15 is 0 Å². The van der Waals surface area contributed by atoms with Gasteiger partial charge in [0.15, 0.2) is 0 Å². The maximum absolute atomic E-state index is 12.0. The van der Waals surface area contributed by atoms with E-state index in [0.717, 1.165) is 0 Å². The second kappa shape index (κ2) is 2.63. The summed E-state index contributed by atoms with van der Waals surface area (Å²) >= 11 is 0. The molecule has 0 spiro atoms. The summed E-state index contributed by atoms with van der Waals surface area (Å²) in [7, 11) is -1.46. The molecular formula is H3B3F3N3. The van der Waals surface area contributed by atoms with Crippen LogP contribution in [0.3, 0.4) is 0 Å². The van der Waals surface area contributed by atoms with Crippen LogP contribution in [0.25, 0.3) is 0 Å². The van der Waals surface area contributed by atoms with Gasteiger partial charge in [-0.25, -0.2) is 0 Å². The summed E-state index contributed by atoms with van der Waals surface area (Å²) in [4.78, 5) is 0.0938. The summed E-state index contributed by atoms with van der Waals surface area (Å²) in [5, 5.41) is 0. The standard InChI is InChI=1S/B3F3H3N3/c4-7-1-8(5)3-9(6)2-7/h1-3H. The molecular weight excluding hydrogens is 131 g/mol. The molecule has 0 unspecified atom stereocenters. The highest BCUT2D eigenvalue weighted by Crippen LogP contribution is 2.00. The number of hydrogen-bond donors (Lipinski definition) is 0. The topological polar surface area (TPSA) is 9.72 Å². The summed E-state index contributed by atoms with van der Waals surface area (Å²) < 4.78 is 35.9. The quantitative estimate of drug-likeness (QED) is 0.291. The smallest absolute Gasteiger partial charge is 0.197 e. The Kier molecular flexibility index (Phi) is 2.04. The van der Waals surface area contributed by atoms with Gasteiger partial charge in [-0.1, -0.05) is 0 Å². The van der Waals surface area contributed by atoms with E-state index in [4.69, 9.17) is 0 Å². The molecule has 1 aliphatic rings. The summed E-state index contributed by atoms with van der Waals surface area (Å²) in [6, 6.07) is 0. The van der Waals surface area contributed by atoms with Gasteiger partial charge in [-0.15, -0.1) is 0 Å². The molecule has 9 heavy (non-hydrogen) atoms. The molecule has 0 amide bonds. The first kappa shape index (κ1) is 6.98. The van der Waals surface area contributed by atoms with E-state index in [1.807, 2.05) is 0 Å². The normalized spacial score (nSPS) is 24.3. The van der Waals surface area contributed by atoms with Crippen molar-refractivity contribution in [2.24, 2.45) is 0 Å². The van der Waals surface area contributed by atoms with Gasteiger partial charge < -0.3 is 0 Å². The Hall–Kier alpha value is -0.135. The predicted molar refractivity (Wildman–Crippen MR) is 30.3 cm³/mol. The summed E-state index contributed by atoms with van der Waals surface area (Å²) in [5.41, 5.74) is 0. The second-order valence-corrected chi connectivity index (χ2v) is 1.81. The zero-order valence-corrected chi connectivity index (χ0v) is 4.60. The van der Waals surface area contributed by atoms with Crippen LogP contribution in [0.2, 0.25) is 0 Å². The molecule has 0 saturated carbocycles. The Labute approximate surface area is 52.0 Å². The lowest BCUT2D eigenvalue weighted by Gasteiger charge is -2.23. The molecule has 0 aromatic rings. The van der Waals surface area contributed by atoms with Crippen LogP contribution >= 0.6 is 0 Å². The fraction of sp³-hybridized carbons (Fsp3) is 0. The minimum atomic E-state index is -0.486. The lowest BCUT2D eigenvalue weighted by atomic mass is 9.83. The summed E-state index contributed by atoms with van der Waals surface area (Å²) in [5.74, 6) is 0. The highest BCUT2D eigenvalue weighted by molar-refractivity contribution is 6.63. The number of halogens is 3. The van der Waals surface area contributed by atoms with Crippen LogP contribution in [-0.4, -0.2) is 37.5 Å². The zero-order chi connectivity index (χ0) is 6.85. The maximum Gasteiger partial charge on any atom is 0.333 e. The van der Waals surface area contributed by atoms with E-state index < -0.39 is 22.6 Å². The van der Waals surface area contributed by atoms with Crippen molar-refractivity contribution in [3.63, 3.8) is 0 Å². The van der Waals surface area contributed by atoms with Crippen molar-refractivity contribution in [1.82, 2.24) is 14.8 Å². The van der Waals surface area contributed by atoms with Crippen LogP contribution < -0.4 is 0 Å². The molecule has 1 aliphatic heterocycles. The fourth-order valence-electron chi connectivity index (χ4n) is 0.634. The second-order valence-electron chi connectivity index (χ2n) is 1.81. The van der Waals surface area contributed by atoms with Crippen molar-refractivity contribution < 1.29 is 13.4 Å². The molecule has 1 rings (SSSR count). The average molecular weight is 134 g/mol. The SMILES string of the molecule is FN1BN(F)BN(F)B1. The van der Waals surface area contributed by atoms with Crippen LogP contribution in [0.4, 0.5) is 13.4 Å². The van der Waals surface area contributed by atoms with Crippen molar-refractivity contribution in [2.45, 2.75) is 0 Å². The first-order valence-corrected chi connectivity index (χ1v) is 2.40. The maximum atomic E-state index is 12.0. The molecule has 0 N–H and O–H groups in total. The Morgan fingerprint density at radius 1 is 0.667 bits per heavy atom. The highest BCUT2D eigenvalue weighted by atomic mass is 19.2. The van der Waals surface area contributed by atoms with Crippen LogP contribution in [-0.2, 0) is 0 Å². The number of hydrogen-bond acceptors (Lipinski definition) is 3. The summed E-state index contributed by atoms with van der Waals surface area (Å²) in [6.07, 6.45) is 0. The molecule has 0 bridgehead atoms. The molecule has 0 radical (unpaired) electrons. The van der Waals surface area contributed by atoms with Gasteiger partial charge >= 0.3 is 22.6 Å². The monoisotopic (exact) mass is 135 g/mol. The number of rotatable bonds is 0. The third-order valence-electron chi connectivity index (χ3n) is 0.921. The summed E-state index contributed by atoms with van der Waals surface area (Å²) in [6.45, 7) is 0. The largest absolute Gasteiger partial charge is 0.333 e. The Morgan fingerprint density at radius 3 is 1.11 bits per heavy atom. The van der Waals surface area contributed by atoms with Crippen molar-refractivity contribution in [2.75, 3.05) is 0 Å². The molecule has 0 atom stereocenters. The van der Waals surface area contributed by atoms with Crippen molar-refractivity contribution >= 4 is 22.6 Å². The highest BCUT2D eigenvalue weighted by Gasteiger charge is 2.28. The van der Waals surface area contributed by atoms with Crippen LogP contribution in [0.15, 0.2) is 0 Å². The van der Waals surface area contributed by atoms with Crippen LogP contribution in [0.5, 0.6) is 0 Å². The minimum absolute atomic E-state index is 0.0312. The van der Waals surface area contributed by atoms with E-state index in [1.54, 1.807) is 0 Å². The van der Waals surface area contributed by atoms with Crippen molar-refractivity contribution in [3.8, 4) is 0 Å². The van der Waals surface area contributed by atoms with E-state index in [-0.39, 0.29) is 14.8 Å². The minimum Gasteiger partial charge on any atom is -0.197 e. The van der Waals surface area contributed by atoms with Gasteiger partial charge in [0.2, 0.25) is 0 Å². The van der Waals surface area contributed by atoms with Crippen LogP contribution in [0, 0.1) is 0 Å². The molecule has 9 heteroatoms. The van der Waals surface area contributed by atoms with Crippen LogP contribution in [0.1, 0.15) is 0 Å². The third-order valence-corrected chi connectivity index (χ3v) is 0.921. The van der Waals surface area contributed by atoms with Gasteiger partial charge in [0.25, 0.3) is 0 Å². The van der Waals surface area contributed by atoms with Gasteiger partial charge in [-0.2, -0.15) is 28.3 Å². The molecule has 0 aromatic carbocycles. The van der Waals surface area contributed by atoms with E-state index in [1.165, 1.54) is 0 Å². The van der Waals surface area contributed by atoms with E-state index in [9.17, 15) is 13.4 Å². The Morgan fingerprint density at radius 2 is 0.889 bits per heavy atom.